The predicted octanol–water partition coefficient (Wildman–Crippen LogP) is 3.46. The molecule has 0 radical (unpaired) electrons. The molecule has 1 aliphatic heterocycles. The molecule has 1 aliphatic carbocycles. The van der Waals surface area contributed by atoms with E-state index in [1.165, 1.54) is 18.0 Å². The van der Waals surface area contributed by atoms with Crippen LogP contribution in [0.25, 0.3) is 6.08 Å². The standard InChI is InChI=1S/C23H25N3O2/c1-15-6-9-17(10-7-15)21-18-4-2-3-5-19(18)26-23(28)22(21)20(27)11-8-16-12-24-14-25-13-16/h6-14,18-19,21-22H,2-5H2,1H3,(H,26,28)/b11-8+. The van der Waals surface area contributed by atoms with Gasteiger partial charge in [0.1, 0.15) is 12.2 Å². The monoisotopic (exact) mass is 375 g/mol. The van der Waals surface area contributed by atoms with Crippen LogP contribution in [0.2, 0.25) is 0 Å². The SMILES string of the molecule is Cc1ccc(C2C(C(=O)/C=C/c3cncnc3)C(=O)NC3CCCCC32)cc1. The third-order valence-corrected chi connectivity index (χ3v) is 6.04. The number of amides is 1. The smallest absolute Gasteiger partial charge is 0.231 e. The molecule has 2 fully saturated rings. The summed E-state index contributed by atoms with van der Waals surface area (Å²) in [6.07, 6.45) is 12.3. The molecule has 28 heavy (non-hydrogen) atoms. The van der Waals surface area contributed by atoms with Crippen LogP contribution in [-0.4, -0.2) is 27.7 Å². The van der Waals surface area contributed by atoms with E-state index in [2.05, 4.69) is 39.6 Å². The number of rotatable bonds is 4. The zero-order chi connectivity index (χ0) is 19.5. The number of hydrogen-bond acceptors (Lipinski definition) is 4. The van der Waals surface area contributed by atoms with Gasteiger partial charge in [0.25, 0.3) is 0 Å². The van der Waals surface area contributed by atoms with E-state index < -0.39 is 5.92 Å². The van der Waals surface area contributed by atoms with Crippen molar-refractivity contribution in [2.75, 3.05) is 0 Å². The molecular formula is C23H25N3O2. The fourth-order valence-electron chi connectivity index (χ4n) is 4.66. The van der Waals surface area contributed by atoms with Crippen molar-refractivity contribution in [1.82, 2.24) is 15.3 Å². The number of piperidine rings is 1. The molecule has 144 valence electrons. The summed E-state index contributed by atoms with van der Waals surface area (Å²) in [5.41, 5.74) is 3.01. The van der Waals surface area contributed by atoms with Gasteiger partial charge in [-0.1, -0.05) is 42.7 Å². The van der Waals surface area contributed by atoms with Gasteiger partial charge in [0.05, 0.1) is 0 Å². The number of carbonyl (C=O) groups excluding carboxylic acids is 2. The van der Waals surface area contributed by atoms with E-state index in [1.807, 2.05) is 6.92 Å². The van der Waals surface area contributed by atoms with Crippen LogP contribution in [0, 0.1) is 18.8 Å². The van der Waals surface area contributed by atoms with Crippen molar-refractivity contribution < 1.29 is 9.59 Å². The number of nitrogens with one attached hydrogen (secondary N) is 1. The molecule has 5 nitrogen and oxygen atoms in total. The molecule has 2 aliphatic rings. The number of aryl methyl sites for hydroxylation is 1. The van der Waals surface area contributed by atoms with Crippen LogP contribution in [-0.2, 0) is 9.59 Å². The lowest BCUT2D eigenvalue weighted by Crippen LogP contribution is -2.56. The summed E-state index contributed by atoms with van der Waals surface area (Å²) in [4.78, 5) is 34.0. The van der Waals surface area contributed by atoms with Gasteiger partial charge in [0.15, 0.2) is 5.78 Å². The van der Waals surface area contributed by atoms with Crippen molar-refractivity contribution in [2.24, 2.45) is 11.8 Å². The largest absolute Gasteiger partial charge is 0.352 e. The highest BCUT2D eigenvalue weighted by Crippen LogP contribution is 2.44. The molecule has 4 unspecified atom stereocenters. The fourth-order valence-corrected chi connectivity index (χ4v) is 4.66. The van der Waals surface area contributed by atoms with Crippen LogP contribution < -0.4 is 5.32 Å². The highest BCUT2D eigenvalue weighted by atomic mass is 16.2. The normalized spacial score (nSPS) is 27.2. The Morgan fingerprint density at radius 1 is 1.11 bits per heavy atom. The van der Waals surface area contributed by atoms with E-state index in [9.17, 15) is 9.59 Å². The maximum absolute atomic E-state index is 13.1. The topological polar surface area (TPSA) is 72.0 Å². The molecule has 4 atom stereocenters. The second kappa shape index (κ2) is 8.05. The van der Waals surface area contributed by atoms with Crippen molar-refractivity contribution in [3.8, 4) is 0 Å². The van der Waals surface area contributed by atoms with Gasteiger partial charge in [-0.25, -0.2) is 9.97 Å². The van der Waals surface area contributed by atoms with E-state index in [0.717, 1.165) is 36.8 Å². The Labute approximate surface area is 165 Å². The van der Waals surface area contributed by atoms with Crippen LogP contribution in [0.15, 0.2) is 49.1 Å². The second-order valence-corrected chi connectivity index (χ2v) is 7.89. The zero-order valence-corrected chi connectivity index (χ0v) is 16.0. The highest BCUT2D eigenvalue weighted by Gasteiger charge is 2.47. The maximum atomic E-state index is 13.1. The van der Waals surface area contributed by atoms with Gasteiger partial charge < -0.3 is 5.32 Å². The molecule has 0 spiro atoms. The van der Waals surface area contributed by atoms with Gasteiger partial charge in [0, 0.05) is 29.9 Å². The Balaban J connectivity index is 1.67. The summed E-state index contributed by atoms with van der Waals surface area (Å²) in [7, 11) is 0. The first-order valence-electron chi connectivity index (χ1n) is 9.97. The van der Waals surface area contributed by atoms with Crippen LogP contribution in [0.5, 0.6) is 0 Å². The molecule has 0 bridgehead atoms. The Bertz CT molecular complexity index is 876. The molecule has 1 aromatic heterocycles. The third kappa shape index (κ3) is 3.75. The van der Waals surface area contributed by atoms with Gasteiger partial charge >= 0.3 is 0 Å². The Morgan fingerprint density at radius 3 is 2.57 bits per heavy atom. The minimum absolute atomic E-state index is 0.0798. The molecule has 5 heteroatoms. The van der Waals surface area contributed by atoms with Gasteiger partial charge in [0.2, 0.25) is 5.91 Å². The van der Waals surface area contributed by atoms with Crippen LogP contribution >= 0.6 is 0 Å². The number of benzene rings is 1. The Hall–Kier alpha value is -2.82. The van der Waals surface area contributed by atoms with E-state index in [4.69, 9.17) is 0 Å². The van der Waals surface area contributed by atoms with Gasteiger partial charge in [-0.15, -0.1) is 0 Å². The summed E-state index contributed by atoms with van der Waals surface area (Å²) in [5.74, 6) is -0.771. The molecule has 2 aromatic rings. The number of aromatic nitrogens is 2. The summed E-state index contributed by atoms with van der Waals surface area (Å²) in [5, 5.41) is 3.14. The average Bonchev–Trinajstić information content (AvgIpc) is 2.72. The molecule has 4 rings (SSSR count). The lowest BCUT2D eigenvalue weighted by atomic mass is 9.64. The van der Waals surface area contributed by atoms with Gasteiger partial charge in [-0.3, -0.25) is 9.59 Å². The zero-order valence-electron chi connectivity index (χ0n) is 16.0. The van der Waals surface area contributed by atoms with Crippen LogP contribution in [0.1, 0.15) is 48.3 Å². The van der Waals surface area contributed by atoms with Crippen molar-refractivity contribution in [2.45, 2.75) is 44.6 Å². The number of ketones is 1. The Morgan fingerprint density at radius 2 is 1.82 bits per heavy atom. The summed E-state index contributed by atoms with van der Waals surface area (Å²) in [6, 6.07) is 8.47. The highest BCUT2D eigenvalue weighted by molar-refractivity contribution is 6.09. The van der Waals surface area contributed by atoms with Gasteiger partial charge in [-0.2, -0.15) is 0 Å². The van der Waals surface area contributed by atoms with Crippen molar-refractivity contribution in [3.63, 3.8) is 0 Å². The van der Waals surface area contributed by atoms with E-state index in [-0.39, 0.29) is 23.7 Å². The first kappa shape index (κ1) is 18.5. The summed E-state index contributed by atoms with van der Waals surface area (Å²) in [6.45, 7) is 2.05. The van der Waals surface area contributed by atoms with E-state index in [0.29, 0.717) is 5.92 Å². The number of hydrogen-bond donors (Lipinski definition) is 1. The maximum Gasteiger partial charge on any atom is 0.231 e. The number of fused-ring (bicyclic) bond motifs is 1. The number of allylic oxidation sites excluding steroid dienone is 1. The quantitative estimate of drug-likeness (QED) is 0.656. The van der Waals surface area contributed by atoms with Crippen LogP contribution in [0.3, 0.4) is 0 Å². The molecular weight excluding hydrogens is 350 g/mol. The first-order valence-corrected chi connectivity index (χ1v) is 9.97. The minimum atomic E-state index is -0.692. The number of nitrogens with zero attached hydrogens (tertiary/aromatic N) is 2. The third-order valence-electron chi connectivity index (χ3n) is 6.04. The number of carbonyl (C=O) groups is 2. The molecule has 1 amide bonds. The molecule has 2 heterocycles. The van der Waals surface area contributed by atoms with Gasteiger partial charge in [-0.05, 0) is 43.4 Å². The molecule has 1 aromatic carbocycles. The first-order chi connectivity index (χ1) is 13.6. The summed E-state index contributed by atoms with van der Waals surface area (Å²) < 4.78 is 0. The molecule has 1 saturated heterocycles. The minimum Gasteiger partial charge on any atom is -0.352 e. The Kier molecular flexibility index (Phi) is 5.33. The van der Waals surface area contributed by atoms with E-state index >= 15 is 0 Å². The molecule has 1 N–H and O–H groups in total. The van der Waals surface area contributed by atoms with Crippen molar-refractivity contribution in [3.05, 3.63) is 65.8 Å². The predicted molar refractivity (Wildman–Crippen MR) is 107 cm³/mol. The van der Waals surface area contributed by atoms with Crippen LogP contribution in [0.4, 0.5) is 0 Å². The average molecular weight is 375 g/mol. The van der Waals surface area contributed by atoms with Crippen molar-refractivity contribution >= 4 is 17.8 Å². The summed E-state index contributed by atoms with van der Waals surface area (Å²) >= 11 is 0. The molecule has 1 saturated carbocycles. The lowest BCUT2D eigenvalue weighted by Gasteiger charge is -2.45. The van der Waals surface area contributed by atoms with E-state index in [1.54, 1.807) is 18.5 Å². The fraction of sp³-hybridized carbons (Fsp3) is 0.391. The lowest BCUT2D eigenvalue weighted by molar-refractivity contribution is -0.137. The van der Waals surface area contributed by atoms with Crippen molar-refractivity contribution in [1.29, 1.82) is 0 Å². The second-order valence-electron chi connectivity index (χ2n) is 7.89.